The molecule has 2 aromatic rings. The molecule has 22 heavy (non-hydrogen) atoms. The highest BCUT2D eigenvalue weighted by atomic mass is 35.5. The van der Waals surface area contributed by atoms with Gasteiger partial charge in [-0.1, -0.05) is 35.9 Å². The molecule has 0 bridgehead atoms. The van der Waals surface area contributed by atoms with E-state index >= 15 is 0 Å². The van der Waals surface area contributed by atoms with Gasteiger partial charge in [-0.05, 0) is 30.3 Å². The molecule has 6 heteroatoms. The molecule has 0 fully saturated rings. The second kappa shape index (κ2) is 8.05. The predicted molar refractivity (Wildman–Crippen MR) is 83.0 cm³/mol. The van der Waals surface area contributed by atoms with E-state index in [0.717, 1.165) is 0 Å². The van der Waals surface area contributed by atoms with Gasteiger partial charge < -0.3 is 14.8 Å². The van der Waals surface area contributed by atoms with Crippen LogP contribution in [-0.2, 0) is 14.3 Å². The van der Waals surface area contributed by atoms with E-state index < -0.39 is 11.9 Å². The van der Waals surface area contributed by atoms with E-state index in [2.05, 4.69) is 5.32 Å². The molecule has 0 unspecified atom stereocenters. The first-order chi connectivity index (χ1) is 10.6. The smallest absolute Gasteiger partial charge is 0.344 e. The largest absolute Gasteiger partial charge is 0.482 e. The third kappa shape index (κ3) is 5.46. The van der Waals surface area contributed by atoms with Gasteiger partial charge >= 0.3 is 5.97 Å². The maximum atomic E-state index is 11.6. The highest BCUT2D eigenvalue weighted by molar-refractivity contribution is 6.30. The van der Waals surface area contributed by atoms with E-state index in [9.17, 15) is 9.59 Å². The number of amides is 1. The molecule has 0 aromatic heterocycles. The van der Waals surface area contributed by atoms with Gasteiger partial charge in [0.25, 0.3) is 5.91 Å². The lowest BCUT2D eigenvalue weighted by Gasteiger charge is -2.08. The summed E-state index contributed by atoms with van der Waals surface area (Å²) in [6.45, 7) is -0.661. The number of carbonyl (C=O) groups is 2. The molecule has 0 saturated carbocycles. The summed E-state index contributed by atoms with van der Waals surface area (Å²) in [5.74, 6) is -0.594. The number of halogens is 1. The zero-order valence-corrected chi connectivity index (χ0v) is 12.4. The van der Waals surface area contributed by atoms with Crippen LogP contribution >= 0.6 is 11.6 Å². The molecule has 2 aromatic carbocycles. The van der Waals surface area contributed by atoms with Crippen LogP contribution in [0.25, 0.3) is 0 Å². The van der Waals surface area contributed by atoms with Crippen molar-refractivity contribution in [2.45, 2.75) is 0 Å². The Hall–Kier alpha value is -2.53. The summed E-state index contributed by atoms with van der Waals surface area (Å²) < 4.78 is 10.0. The Kier molecular flexibility index (Phi) is 5.80. The van der Waals surface area contributed by atoms with Gasteiger partial charge in [0, 0.05) is 10.7 Å². The number of esters is 1. The van der Waals surface area contributed by atoms with Gasteiger partial charge in [-0.15, -0.1) is 0 Å². The first kappa shape index (κ1) is 15.9. The van der Waals surface area contributed by atoms with Crippen molar-refractivity contribution < 1.29 is 19.1 Å². The first-order valence-corrected chi connectivity index (χ1v) is 6.90. The molecule has 1 amide bonds. The van der Waals surface area contributed by atoms with E-state index in [0.29, 0.717) is 16.5 Å². The van der Waals surface area contributed by atoms with Crippen LogP contribution in [0.4, 0.5) is 5.69 Å². The third-order valence-corrected chi connectivity index (χ3v) is 2.81. The lowest BCUT2D eigenvalue weighted by molar-refractivity contribution is -0.149. The van der Waals surface area contributed by atoms with E-state index in [1.54, 1.807) is 48.5 Å². The second-order valence-corrected chi connectivity index (χ2v) is 4.76. The number of hydrogen-bond acceptors (Lipinski definition) is 4. The fourth-order valence-corrected chi connectivity index (χ4v) is 1.79. The van der Waals surface area contributed by atoms with Crippen molar-refractivity contribution in [3.63, 3.8) is 0 Å². The Morgan fingerprint density at radius 3 is 2.50 bits per heavy atom. The minimum atomic E-state index is -0.636. The van der Waals surface area contributed by atoms with Crippen LogP contribution in [-0.4, -0.2) is 25.1 Å². The topological polar surface area (TPSA) is 64.6 Å². The van der Waals surface area contributed by atoms with E-state index in [1.807, 2.05) is 6.07 Å². The zero-order chi connectivity index (χ0) is 15.8. The molecular formula is C16H14ClNO4. The molecule has 0 radical (unpaired) electrons. The Balaban J connectivity index is 1.70. The lowest BCUT2D eigenvalue weighted by atomic mass is 10.3. The number of benzene rings is 2. The quantitative estimate of drug-likeness (QED) is 0.831. The Morgan fingerprint density at radius 1 is 1.00 bits per heavy atom. The zero-order valence-electron chi connectivity index (χ0n) is 11.6. The van der Waals surface area contributed by atoms with Gasteiger partial charge in [-0.3, -0.25) is 4.79 Å². The SMILES string of the molecule is O=C(COC(=O)COc1cccc(Cl)c1)Nc1ccccc1. The van der Waals surface area contributed by atoms with Gasteiger partial charge in [-0.2, -0.15) is 0 Å². The fraction of sp³-hybridized carbons (Fsp3) is 0.125. The van der Waals surface area contributed by atoms with Crippen LogP contribution in [0.5, 0.6) is 5.75 Å². The number of anilines is 1. The van der Waals surface area contributed by atoms with Crippen LogP contribution in [0.3, 0.4) is 0 Å². The Morgan fingerprint density at radius 2 is 1.77 bits per heavy atom. The molecule has 0 aliphatic heterocycles. The minimum absolute atomic E-state index is 0.293. The van der Waals surface area contributed by atoms with Crippen LogP contribution < -0.4 is 10.1 Å². The predicted octanol–water partition coefficient (Wildman–Crippen LogP) is 2.90. The summed E-state index contributed by atoms with van der Waals surface area (Å²) in [4.78, 5) is 23.1. The average molecular weight is 320 g/mol. The van der Waals surface area contributed by atoms with Gasteiger partial charge in [-0.25, -0.2) is 4.79 Å². The van der Waals surface area contributed by atoms with Crippen molar-refractivity contribution in [2.75, 3.05) is 18.5 Å². The van der Waals surface area contributed by atoms with E-state index in [4.69, 9.17) is 21.1 Å². The Bertz CT molecular complexity index is 646. The summed E-state index contributed by atoms with van der Waals surface area (Å²) in [6.07, 6.45) is 0. The highest BCUT2D eigenvalue weighted by Crippen LogP contribution is 2.16. The van der Waals surface area contributed by atoms with E-state index in [1.165, 1.54) is 0 Å². The highest BCUT2D eigenvalue weighted by Gasteiger charge is 2.08. The number of para-hydroxylation sites is 1. The van der Waals surface area contributed by atoms with Crippen molar-refractivity contribution in [1.29, 1.82) is 0 Å². The molecular weight excluding hydrogens is 306 g/mol. The average Bonchev–Trinajstić information content (AvgIpc) is 2.52. The number of ether oxygens (including phenoxy) is 2. The second-order valence-electron chi connectivity index (χ2n) is 4.32. The van der Waals surface area contributed by atoms with Crippen LogP contribution in [0.15, 0.2) is 54.6 Å². The molecule has 0 aliphatic rings. The van der Waals surface area contributed by atoms with Crippen molar-refractivity contribution >= 4 is 29.2 Å². The maximum absolute atomic E-state index is 11.6. The van der Waals surface area contributed by atoms with Gasteiger partial charge in [0.1, 0.15) is 5.75 Å². The van der Waals surface area contributed by atoms with Crippen LogP contribution in [0.2, 0.25) is 5.02 Å². The van der Waals surface area contributed by atoms with Gasteiger partial charge in [0.05, 0.1) is 0 Å². The number of rotatable bonds is 6. The molecule has 5 nitrogen and oxygen atoms in total. The van der Waals surface area contributed by atoms with Crippen molar-refractivity contribution in [1.82, 2.24) is 0 Å². The van der Waals surface area contributed by atoms with Crippen LogP contribution in [0.1, 0.15) is 0 Å². The molecule has 114 valence electrons. The third-order valence-electron chi connectivity index (χ3n) is 2.57. The number of hydrogen-bond donors (Lipinski definition) is 1. The van der Waals surface area contributed by atoms with Crippen molar-refractivity contribution in [3.05, 3.63) is 59.6 Å². The number of carbonyl (C=O) groups excluding carboxylic acids is 2. The summed E-state index contributed by atoms with van der Waals surface area (Å²) in [7, 11) is 0. The molecule has 0 aliphatic carbocycles. The summed E-state index contributed by atoms with van der Waals surface area (Å²) in [6, 6.07) is 15.5. The molecule has 0 saturated heterocycles. The lowest BCUT2D eigenvalue weighted by Crippen LogP contribution is -2.23. The maximum Gasteiger partial charge on any atom is 0.344 e. The first-order valence-electron chi connectivity index (χ1n) is 6.52. The number of nitrogens with one attached hydrogen (secondary N) is 1. The minimum Gasteiger partial charge on any atom is -0.482 e. The van der Waals surface area contributed by atoms with E-state index in [-0.39, 0.29) is 13.2 Å². The normalized spacial score (nSPS) is 9.86. The fourth-order valence-electron chi connectivity index (χ4n) is 1.61. The Labute approximate surface area is 132 Å². The monoisotopic (exact) mass is 319 g/mol. The molecule has 0 atom stereocenters. The van der Waals surface area contributed by atoms with Gasteiger partial charge in [0.15, 0.2) is 13.2 Å². The molecule has 0 spiro atoms. The molecule has 1 N–H and O–H groups in total. The molecule has 2 rings (SSSR count). The molecule has 0 heterocycles. The summed E-state index contributed by atoms with van der Waals surface area (Å²) in [5.41, 5.74) is 0.638. The van der Waals surface area contributed by atoms with Crippen molar-refractivity contribution in [2.24, 2.45) is 0 Å². The standard InChI is InChI=1S/C16H14ClNO4/c17-12-5-4-8-14(9-12)21-11-16(20)22-10-15(19)18-13-6-2-1-3-7-13/h1-9H,10-11H2,(H,18,19). The van der Waals surface area contributed by atoms with Crippen molar-refractivity contribution in [3.8, 4) is 5.75 Å². The van der Waals surface area contributed by atoms with Gasteiger partial charge in [0.2, 0.25) is 0 Å². The van der Waals surface area contributed by atoms with Crippen LogP contribution in [0, 0.1) is 0 Å². The summed E-state index contributed by atoms with van der Waals surface area (Å²) in [5, 5.41) is 3.11. The summed E-state index contributed by atoms with van der Waals surface area (Å²) >= 11 is 5.79.